The fraction of sp³-hybridized carbons (Fsp3) is 0.267. The Labute approximate surface area is 216 Å². The number of aromatic nitrogens is 1. The van der Waals surface area contributed by atoms with Gasteiger partial charge in [-0.05, 0) is 36.8 Å². The van der Waals surface area contributed by atoms with Crippen molar-refractivity contribution in [2.24, 2.45) is 0 Å². The predicted octanol–water partition coefficient (Wildman–Crippen LogP) is 5.53. The van der Waals surface area contributed by atoms with Crippen LogP contribution in [-0.2, 0) is 4.74 Å². The second-order valence-corrected chi connectivity index (χ2v) is 9.04. The maximum atomic E-state index is 14.0. The summed E-state index contributed by atoms with van der Waals surface area (Å²) in [6.45, 7) is 2.99. The van der Waals surface area contributed by atoms with Crippen molar-refractivity contribution in [2.45, 2.75) is 19.1 Å². The van der Waals surface area contributed by atoms with Crippen LogP contribution in [0.15, 0.2) is 72.8 Å². The molecule has 0 spiro atoms. The van der Waals surface area contributed by atoms with Gasteiger partial charge in [-0.25, -0.2) is 4.98 Å². The minimum atomic E-state index is -0.184. The Morgan fingerprint density at radius 3 is 2.24 bits per heavy atom. The van der Waals surface area contributed by atoms with E-state index in [0.29, 0.717) is 41.6 Å². The normalized spacial score (nSPS) is 17.5. The third kappa shape index (κ3) is 4.82. The lowest BCUT2D eigenvalue weighted by atomic mass is 10.0. The van der Waals surface area contributed by atoms with Crippen LogP contribution in [0.25, 0.3) is 22.2 Å². The van der Waals surface area contributed by atoms with Crippen LogP contribution in [0.1, 0.15) is 28.9 Å². The van der Waals surface area contributed by atoms with E-state index in [-0.39, 0.29) is 18.1 Å². The fourth-order valence-electron chi connectivity index (χ4n) is 4.87. The lowest BCUT2D eigenvalue weighted by molar-refractivity contribution is -0.0691. The van der Waals surface area contributed by atoms with Crippen LogP contribution in [0.4, 0.5) is 0 Å². The molecule has 0 N–H and O–H groups in total. The molecule has 190 valence electrons. The number of amides is 1. The van der Waals surface area contributed by atoms with E-state index >= 15 is 0 Å². The number of rotatable bonds is 6. The number of morpholine rings is 1. The van der Waals surface area contributed by atoms with Crippen molar-refractivity contribution < 1.29 is 23.7 Å². The van der Waals surface area contributed by atoms with Crippen molar-refractivity contribution >= 4 is 16.8 Å². The van der Waals surface area contributed by atoms with E-state index in [4.69, 9.17) is 23.9 Å². The standard InChI is InChI=1S/C30H30N2O5/c1-19-17-32(18-28(37-19)20-10-6-5-7-11-20)30(33)23-16-25(31-24-13-9-8-12-22(23)24)21-14-26(34-2)29(36-4)27(15-21)35-3/h5-16,19,28H,17-18H2,1-4H3. The van der Waals surface area contributed by atoms with Gasteiger partial charge in [0.2, 0.25) is 5.75 Å². The highest BCUT2D eigenvalue weighted by molar-refractivity contribution is 6.07. The van der Waals surface area contributed by atoms with Crippen LogP contribution in [0, 0.1) is 0 Å². The number of benzene rings is 3. The number of methoxy groups -OCH3 is 3. The third-order valence-electron chi connectivity index (χ3n) is 6.63. The molecule has 1 fully saturated rings. The first-order valence-electron chi connectivity index (χ1n) is 12.2. The van der Waals surface area contributed by atoms with Gasteiger partial charge in [-0.1, -0.05) is 48.5 Å². The molecule has 0 radical (unpaired) electrons. The molecule has 2 heterocycles. The van der Waals surface area contributed by atoms with Gasteiger partial charge in [-0.15, -0.1) is 0 Å². The molecule has 7 nitrogen and oxygen atoms in total. The summed E-state index contributed by atoms with van der Waals surface area (Å²) in [4.78, 5) is 20.8. The van der Waals surface area contributed by atoms with Crippen molar-refractivity contribution in [1.82, 2.24) is 9.88 Å². The van der Waals surface area contributed by atoms with Gasteiger partial charge >= 0.3 is 0 Å². The highest BCUT2D eigenvalue weighted by Crippen LogP contribution is 2.41. The number of carbonyl (C=O) groups is 1. The molecule has 37 heavy (non-hydrogen) atoms. The fourth-order valence-corrected chi connectivity index (χ4v) is 4.87. The summed E-state index contributed by atoms with van der Waals surface area (Å²) in [6, 6.07) is 23.3. The zero-order valence-corrected chi connectivity index (χ0v) is 21.4. The van der Waals surface area contributed by atoms with Crippen LogP contribution < -0.4 is 14.2 Å². The zero-order valence-electron chi connectivity index (χ0n) is 21.4. The van der Waals surface area contributed by atoms with E-state index in [9.17, 15) is 4.79 Å². The van der Waals surface area contributed by atoms with Crippen molar-refractivity contribution in [3.05, 3.63) is 83.9 Å². The van der Waals surface area contributed by atoms with Gasteiger partial charge in [-0.2, -0.15) is 0 Å². The number of nitrogens with zero attached hydrogens (tertiary/aromatic N) is 2. The molecule has 4 aromatic rings. The Balaban J connectivity index is 1.58. The molecule has 1 aromatic heterocycles. The molecule has 2 unspecified atom stereocenters. The average Bonchev–Trinajstić information content (AvgIpc) is 2.95. The molecule has 1 aliphatic rings. The van der Waals surface area contributed by atoms with Gasteiger partial charge in [0.05, 0.1) is 50.8 Å². The SMILES string of the molecule is COc1cc(-c2cc(C(=O)N3CC(C)OC(c4ccccc4)C3)c3ccccc3n2)cc(OC)c1OC. The first kappa shape index (κ1) is 24.6. The highest BCUT2D eigenvalue weighted by Gasteiger charge is 2.31. The molecule has 2 atom stereocenters. The summed E-state index contributed by atoms with van der Waals surface area (Å²) >= 11 is 0. The van der Waals surface area contributed by atoms with Crippen molar-refractivity contribution in [3.63, 3.8) is 0 Å². The molecule has 7 heteroatoms. The number of fused-ring (bicyclic) bond motifs is 1. The van der Waals surface area contributed by atoms with Crippen LogP contribution >= 0.6 is 0 Å². The molecular weight excluding hydrogens is 468 g/mol. The van der Waals surface area contributed by atoms with Gasteiger partial charge in [-0.3, -0.25) is 4.79 Å². The Morgan fingerprint density at radius 2 is 1.57 bits per heavy atom. The van der Waals surface area contributed by atoms with Crippen LogP contribution in [0.2, 0.25) is 0 Å². The average molecular weight is 499 g/mol. The quantitative estimate of drug-likeness (QED) is 0.348. The maximum Gasteiger partial charge on any atom is 0.254 e. The summed E-state index contributed by atoms with van der Waals surface area (Å²) in [5, 5.41) is 0.805. The molecule has 0 bridgehead atoms. The third-order valence-corrected chi connectivity index (χ3v) is 6.63. The molecule has 3 aromatic carbocycles. The van der Waals surface area contributed by atoms with Gasteiger partial charge in [0.25, 0.3) is 5.91 Å². The lowest BCUT2D eigenvalue weighted by Crippen LogP contribution is -2.46. The Kier molecular flexibility index (Phi) is 6.97. The first-order valence-corrected chi connectivity index (χ1v) is 12.2. The molecule has 0 aliphatic carbocycles. The van der Waals surface area contributed by atoms with Crippen molar-refractivity contribution in [1.29, 1.82) is 0 Å². The second-order valence-electron chi connectivity index (χ2n) is 9.04. The number of hydrogen-bond donors (Lipinski definition) is 0. The molecule has 0 saturated carbocycles. The number of pyridine rings is 1. The van der Waals surface area contributed by atoms with Crippen LogP contribution in [0.3, 0.4) is 0 Å². The predicted molar refractivity (Wildman–Crippen MR) is 142 cm³/mol. The van der Waals surface area contributed by atoms with Gasteiger partial charge in [0.1, 0.15) is 6.10 Å². The molecule has 1 aliphatic heterocycles. The second kappa shape index (κ2) is 10.5. The Bertz CT molecular complexity index is 1400. The largest absolute Gasteiger partial charge is 0.493 e. The van der Waals surface area contributed by atoms with Crippen LogP contribution in [-0.4, -0.2) is 56.3 Å². The van der Waals surface area contributed by atoms with E-state index in [2.05, 4.69) is 0 Å². The topological polar surface area (TPSA) is 70.1 Å². The van der Waals surface area contributed by atoms with Gasteiger partial charge in [0.15, 0.2) is 11.5 Å². The van der Waals surface area contributed by atoms with Gasteiger partial charge < -0.3 is 23.8 Å². The molecule has 1 amide bonds. The number of hydrogen-bond acceptors (Lipinski definition) is 6. The van der Waals surface area contributed by atoms with E-state index in [1.165, 1.54) is 0 Å². The lowest BCUT2D eigenvalue weighted by Gasteiger charge is -2.37. The monoisotopic (exact) mass is 498 g/mol. The van der Waals surface area contributed by atoms with Gasteiger partial charge in [0, 0.05) is 17.5 Å². The molecular formula is C30H30N2O5. The summed E-state index contributed by atoms with van der Waals surface area (Å²) in [5.41, 5.74) is 3.78. The minimum Gasteiger partial charge on any atom is -0.493 e. The van der Waals surface area contributed by atoms with E-state index in [1.807, 2.05) is 84.6 Å². The van der Waals surface area contributed by atoms with Crippen molar-refractivity contribution in [2.75, 3.05) is 34.4 Å². The number of carbonyl (C=O) groups excluding carboxylic acids is 1. The molecule has 5 rings (SSSR count). The molecule has 1 saturated heterocycles. The smallest absolute Gasteiger partial charge is 0.254 e. The summed E-state index contributed by atoms with van der Waals surface area (Å²) in [5.74, 6) is 1.49. The maximum absolute atomic E-state index is 14.0. The highest BCUT2D eigenvalue weighted by atomic mass is 16.5. The van der Waals surface area contributed by atoms with E-state index in [0.717, 1.165) is 22.0 Å². The number of ether oxygens (including phenoxy) is 4. The zero-order chi connectivity index (χ0) is 25.9. The first-order chi connectivity index (χ1) is 18.0. The van der Waals surface area contributed by atoms with E-state index < -0.39 is 0 Å². The van der Waals surface area contributed by atoms with Crippen molar-refractivity contribution in [3.8, 4) is 28.5 Å². The summed E-state index contributed by atoms with van der Waals surface area (Å²) in [7, 11) is 4.72. The Hall–Kier alpha value is -4.10. The van der Waals surface area contributed by atoms with E-state index in [1.54, 1.807) is 21.3 Å². The summed E-state index contributed by atoms with van der Waals surface area (Å²) in [6.07, 6.45) is -0.276. The Morgan fingerprint density at radius 1 is 0.892 bits per heavy atom. The van der Waals surface area contributed by atoms with Crippen LogP contribution in [0.5, 0.6) is 17.2 Å². The summed E-state index contributed by atoms with van der Waals surface area (Å²) < 4.78 is 22.8. The minimum absolute atomic E-state index is 0.0524. The number of para-hydroxylation sites is 1.